The number of hydroxylamine groups is 1. The predicted octanol–water partition coefficient (Wildman–Crippen LogP) is 2.16. The number of carboxylic acids is 1. The highest BCUT2D eigenvalue weighted by molar-refractivity contribution is 7.89. The van der Waals surface area contributed by atoms with Crippen molar-refractivity contribution in [1.29, 1.82) is 0 Å². The van der Waals surface area contributed by atoms with Crippen molar-refractivity contribution >= 4 is 33.5 Å². The lowest BCUT2D eigenvalue weighted by Gasteiger charge is -2.38. The molecule has 4 rings (SSSR count). The summed E-state index contributed by atoms with van der Waals surface area (Å²) in [4.78, 5) is 24.0. The fraction of sp³-hybridized carbons (Fsp3) is 0.391. The number of halogens is 1. The van der Waals surface area contributed by atoms with Crippen LogP contribution in [0.3, 0.4) is 0 Å². The third kappa shape index (κ3) is 5.33. The largest absolute Gasteiger partial charge is 0.489 e. The van der Waals surface area contributed by atoms with Gasteiger partial charge in [0.2, 0.25) is 10.0 Å². The molecule has 1 saturated heterocycles. The Morgan fingerprint density at radius 3 is 2.25 bits per heavy atom. The van der Waals surface area contributed by atoms with Gasteiger partial charge in [-0.1, -0.05) is 23.7 Å². The average Bonchev–Trinajstić information content (AvgIpc) is 3.44. The molecule has 2 aliphatic rings. The zero-order chi connectivity index (χ0) is 25.9. The lowest BCUT2D eigenvalue weighted by Crippen LogP contribution is -2.60. The Kier molecular flexibility index (Phi) is 7.83. The molecule has 1 aliphatic carbocycles. The fourth-order valence-electron chi connectivity index (χ4n) is 4.51. The van der Waals surface area contributed by atoms with Gasteiger partial charge in [0, 0.05) is 24.4 Å². The van der Waals surface area contributed by atoms with E-state index in [0.29, 0.717) is 10.8 Å². The Balaban J connectivity index is 1.60. The van der Waals surface area contributed by atoms with Crippen LogP contribution in [0.1, 0.15) is 24.8 Å². The molecule has 1 aliphatic heterocycles. The van der Waals surface area contributed by atoms with E-state index in [1.165, 1.54) is 24.3 Å². The van der Waals surface area contributed by atoms with Crippen molar-refractivity contribution in [3.05, 3.63) is 59.1 Å². The van der Waals surface area contributed by atoms with Gasteiger partial charge in [0.15, 0.2) is 0 Å². The van der Waals surface area contributed by atoms with E-state index in [9.17, 15) is 28.3 Å². The SMILES string of the molecule is O=C(O)CCN(C1(C(=O)NO)CC2OCOC2C1)S(=O)(=O)c1ccc(OCc2ccc(Cl)cc2)cc1. The highest BCUT2D eigenvalue weighted by atomic mass is 35.5. The molecule has 194 valence electrons. The Morgan fingerprint density at radius 2 is 1.69 bits per heavy atom. The van der Waals surface area contributed by atoms with Crippen molar-refractivity contribution in [3.8, 4) is 5.75 Å². The van der Waals surface area contributed by atoms with E-state index in [1.54, 1.807) is 29.7 Å². The molecule has 2 fully saturated rings. The summed E-state index contributed by atoms with van der Waals surface area (Å²) in [7, 11) is -4.40. The molecule has 0 aromatic heterocycles. The highest BCUT2D eigenvalue weighted by Gasteiger charge is 2.59. The molecule has 2 atom stereocenters. The number of rotatable bonds is 10. The predicted molar refractivity (Wildman–Crippen MR) is 125 cm³/mol. The van der Waals surface area contributed by atoms with E-state index >= 15 is 0 Å². The molecular formula is C23H25ClN2O9S. The van der Waals surface area contributed by atoms with Crippen LogP contribution in [0.5, 0.6) is 5.75 Å². The maximum Gasteiger partial charge on any atom is 0.304 e. The van der Waals surface area contributed by atoms with Gasteiger partial charge in [0.1, 0.15) is 24.7 Å². The van der Waals surface area contributed by atoms with Crippen molar-refractivity contribution in [3.63, 3.8) is 0 Å². The van der Waals surface area contributed by atoms with Crippen LogP contribution in [0.15, 0.2) is 53.4 Å². The van der Waals surface area contributed by atoms with Crippen LogP contribution in [0, 0.1) is 0 Å². The van der Waals surface area contributed by atoms with E-state index in [1.807, 2.05) is 0 Å². The molecule has 0 bridgehead atoms. The molecule has 2 unspecified atom stereocenters. The summed E-state index contributed by atoms with van der Waals surface area (Å²) in [6.07, 6.45) is -1.92. The van der Waals surface area contributed by atoms with E-state index in [0.717, 1.165) is 9.87 Å². The van der Waals surface area contributed by atoms with Gasteiger partial charge < -0.3 is 19.3 Å². The summed E-state index contributed by atoms with van der Waals surface area (Å²) in [6, 6.07) is 12.6. The monoisotopic (exact) mass is 540 g/mol. The molecule has 0 radical (unpaired) electrons. The summed E-state index contributed by atoms with van der Waals surface area (Å²) in [5.41, 5.74) is 0.604. The van der Waals surface area contributed by atoms with Gasteiger partial charge in [0.25, 0.3) is 5.91 Å². The maximum absolute atomic E-state index is 13.7. The lowest BCUT2D eigenvalue weighted by atomic mass is 9.95. The van der Waals surface area contributed by atoms with E-state index < -0.39 is 52.6 Å². The minimum atomic E-state index is -4.40. The molecular weight excluding hydrogens is 516 g/mol. The second-order valence-electron chi connectivity index (χ2n) is 8.52. The topological polar surface area (TPSA) is 152 Å². The molecule has 2 aromatic carbocycles. The van der Waals surface area contributed by atoms with Gasteiger partial charge in [-0.05, 0) is 42.0 Å². The quantitative estimate of drug-likeness (QED) is 0.304. The van der Waals surface area contributed by atoms with Crippen LogP contribution in [-0.4, -0.2) is 66.0 Å². The second-order valence-corrected chi connectivity index (χ2v) is 10.8. The minimum absolute atomic E-state index is 0.00547. The molecule has 2 aromatic rings. The first kappa shape index (κ1) is 26.3. The van der Waals surface area contributed by atoms with Crippen molar-refractivity contribution in [2.45, 2.75) is 48.5 Å². The Hall–Kier alpha value is -2.74. The number of carboxylic acid groups (broad SMARTS) is 1. The third-order valence-electron chi connectivity index (χ3n) is 6.32. The number of hydrogen-bond donors (Lipinski definition) is 3. The number of aliphatic carboxylic acids is 1. The first-order chi connectivity index (χ1) is 17.2. The van der Waals surface area contributed by atoms with Crippen LogP contribution in [0.2, 0.25) is 5.02 Å². The van der Waals surface area contributed by atoms with E-state index in [2.05, 4.69) is 0 Å². The molecule has 13 heteroatoms. The summed E-state index contributed by atoms with van der Waals surface area (Å²) in [5, 5.41) is 19.3. The fourth-order valence-corrected chi connectivity index (χ4v) is 6.39. The number of benzene rings is 2. The number of fused-ring (bicyclic) bond motifs is 1. The van der Waals surface area contributed by atoms with E-state index in [4.69, 9.17) is 25.8 Å². The Bertz CT molecular complexity index is 1190. The maximum atomic E-state index is 13.7. The Morgan fingerprint density at radius 1 is 1.08 bits per heavy atom. The molecule has 11 nitrogen and oxygen atoms in total. The summed E-state index contributed by atoms with van der Waals surface area (Å²) in [6.45, 7) is -0.262. The molecule has 3 N–H and O–H groups in total. The number of nitrogens with zero attached hydrogens (tertiary/aromatic N) is 1. The molecule has 1 heterocycles. The number of ether oxygens (including phenoxy) is 3. The first-order valence-corrected chi connectivity index (χ1v) is 12.9. The first-order valence-electron chi connectivity index (χ1n) is 11.1. The summed E-state index contributed by atoms with van der Waals surface area (Å²) >= 11 is 5.88. The smallest absolute Gasteiger partial charge is 0.304 e. The number of sulfonamides is 1. The summed E-state index contributed by atoms with van der Waals surface area (Å²) in [5.74, 6) is -1.83. The standard InChI is InChI=1S/C23H25ClN2O9S/c24-16-3-1-15(2-4-16)13-33-17-5-7-18(8-6-17)36(31,32)26(10-9-21(27)28)23(22(29)25-30)11-19-20(12-23)35-14-34-19/h1-8,19-20,30H,9-14H2,(H,25,29)(H,27,28). The van der Waals surface area contributed by atoms with Crippen molar-refractivity contribution in [1.82, 2.24) is 9.79 Å². The zero-order valence-electron chi connectivity index (χ0n) is 19.0. The van der Waals surface area contributed by atoms with E-state index in [-0.39, 0.29) is 31.1 Å². The van der Waals surface area contributed by atoms with Crippen molar-refractivity contribution < 1.29 is 42.5 Å². The van der Waals surface area contributed by atoms with Gasteiger partial charge in [-0.25, -0.2) is 13.9 Å². The number of carbonyl (C=O) groups excluding carboxylic acids is 1. The number of amides is 1. The van der Waals surface area contributed by atoms with Crippen LogP contribution in [0.4, 0.5) is 0 Å². The zero-order valence-corrected chi connectivity index (χ0v) is 20.6. The van der Waals surface area contributed by atoms with Crippen molar-refractivity contribution in [2.75, 3.05) is 13.3 Å². The Labute approximate surface area is 212 Å². The average molecular weight is 541 g/mol. The van der Waals surface area contributed by atoms with Gasteiger partial charge in [-0.15, -0.1) is 0 Å². The molecule has 1 saturated carbocycles. The minimum Gasteiger partial charge on any atom is -0.489 e. The van der Waals surface area contributed by atoms with Crippen LogP contribution in [0.25, 0.3) is 0 Å². The molecule has 0 spiro atoms. The number of nitrogens with one attached hydrogen (secondary N) is 1. The van der Waals surface area contributed by atoms with Gasteiger partial charge in [-0.3, -0.25) is 14.8 Å². The third-order valence-corrected chi connectivity index (χ3v) is 8.55. The molecule has 1 amide bonds. The number of carbonyl (C=O) groups is 2. The van der Waals surface area contributed by atoms with Crippen LogP contribution in [-0.2, 0) is 35.7 Å². The second kappa shape index (κ2) is 10.7. The van der Waals surface area contributed by atoms with Gasteiger partial charge in [0.05, 0.1) is 23.5 Å². The molecule has 36 heavy (non-hydrogen) atoms. The van der Waals surface area contributed by atoms with Crippen molar-refractivity contribution in [2.24, 2.45) is 0 Å². The highest BCUT2D eigenvalue weighted by Crippen LogP contribution is 2.44. The van der Waals surface area contributed by atoms with Gasteiger partial charge in [-0.2, -0.15) is 4.31 Å². The lowest BCUT2D eigenvalue weighted by molar-refractivity contribution is -0.143. The van der Waals surface area contributed by atoms with Crippen LogP contribution >= 0.6 is 11.6 Å². The number of hydrogen-bond acceptors (Lipinski definition) is 8. The summed E-state index contributed by atoms with van der Waals surface area (Å²) < 4.78 is 44.9. The van der Waals surface area contributed by atoms with Gasteiger partial charge >= 0.3 is 5.97 Å². The normalized spacial score (nSPS) is 23.4. The van der Waals surface area contributed by atoms with Crippen LogP contribution < -0.4 is 10.2 Å².